The summed E-state index contributed by atoms with van der Waals surface area (Å²) in [5.74, 6) is -0.608. The summed E-state index contributed by atoms with van der Waals surface area (Å²) in [7, 11) is 1.21. The zero-order valence-electron chi connectivity index (χ0n) is 7.73. The minimum Gasteiger partial charge on any atom is -0.466 e. The number of carbonyl (C=O) groups is 1. The van der Waals surface area contributed by atoms with Gasteiger partial charge in [0, 0.05) is 0 Å². The topological polar surface area (TPSA) is 92.3 Å². The molecule has 0 aromatic rings. The highest BCUT2D eigenvalue weighted by Crippen LogP contribution is 2.04. The van der Waals surface area contributed by atoms with Gasteiger partial charge in [-0.1, -0.05) is 0 Å². The van der Waals surface area contributed by atoms with E-state index in [4.69, 9.17) is 10.5 Å². The van der Waals surface area contributed by atoms with Crippen molar-refractivity contribution >= 4 is 5.97 Å². The first-order valence-electron chi connectivity index (χ1n) is 3.89. The number of rotatable bonds is 6. The number of nitriles is 2. The Kier molecular flexibility index (Phi) is 6.62. The number of hydrogen-bond acceptors (Lipinski definition) is 6. The van der Waals surface area contributed by atoms with E-state index in [-0.39, 0.29) is 13.0 Å². The van der Waals surface area contributed by atoms with Gasteiger partial charge in [-0.15, -0.1) is 0 Å². The molecule has 1 unspecified atom stereocenters. The number of esters is 1. The minimum atomic E-state index is -0.910. The molecule has 0 saturated carbocycles. The van der Waals surface area contributed by atoms with E-state index in [1.165, 1.54) is 19.6 Å². The van der Waals surface area contributed by atoms with E-state index in [2.05, 4.69) is 14.2 Å². The maximum atomic E-state index is 11.0. The lowest BCUT2D eigenvalue weighted by molar-refractivity contribution is -0.150. The zero-order chi connectivity index (χ0) is 10.8. The zero-order valence-corrected chi connectivity index (χ0v) is 7.73. The first kappa shape index (κ1) is 12.0. The number of hydrogen-bond donors (Lipinski definition) is 0. The third-order valence-electron chi connectivity index (χ3n) is 1.44. The van der Waals surface area contributed by atoms with E-state index in [0.717, 1.165) is 0 Å². The Hall–Kier alpha value is -1.95. The van der Waals surface area contributed by atoms with Crippen LogP contribution in [-0.2, 0) is 19.0 Å². The summed E-state index contributed by atoms with van der Waals surface area (Å²) >= 11 is 0. The highest BCUT2D eigenvalue weighted by atomic mass is 16.6. The lowest BCUT2D eigenvalue weighted by Crippen LogP contribution is -2.24. The molecule has 0 aromatic heterocycles. The van der Waals surface area contributed by atoms with E-state index in [1.54, 1.807) is 0 Å². The number of nitrogens with zero attached hydrogens (tertiary/aromatic N) is 2. The van der Waals surface area contributed by atoms with Crippen molar-refractivity contribution in [1.29, 1.82) is 10.5 Å². The molecule has 0 heterocycles. The maximum Gasteiger partial charge on any atom is 0.348 e. The van der Waals surface area contributed by atoms with Crippen LogP contribution in [0.25, 0.3) is 0 Å². The summed E-state index contributed by atoms with van der Waals surface area (Å²) in [6.45, 7) is 0.193. The summed E-state index contributed by atoms with van der Waals surface area (Å²) in [4.78, 5) is 11.0. The molecule has 14 heavy (non-hydrogen) atoms. The quantitative estimate of drug-likeness (QED) is 0.346. The molecule has 0 fully saturated rings. The maximum absolute atomic E-state index is 11.0. The molecule has 0 saturated heterocycles. The molecular formula is C8H10N2O4. The van der Waals surface area contributed by atoms with Gasteiger partial charge in [-0.3, -0.25) is 0 Å². The summed E-state index contributed by atoms with van der Waals surface area (Å²) < 4.78 is 13.3. The Bertz CT molecular complexity index is 253. The summed E-state index contributed by atoms with van der Waals surface area (Å²) in [5.41, 5.74) is 0. The van der Waals surface area contributed by atoms with Crippen molar-refractivity contribution in [3.8, 4) is 12.5 Å². The van der Waals surface area contributed by atoms with Gasteiger partial charge in [-0.25, -0.2) is 4.79 Å². The van der Waals surface area contributed by atoms with Crippen molar-refractivity contribution in [3.63, 3.8) is 0 Å². The Morgan fingerprint density at radius 2 is 2.14 bits per heavy atom. The van der Waals surface area contributed by atoms with Gasteiger partial charge in [0.1, 0.15) is 6.61 Å². The molecule has 0 rings (SSSR count). The molecule has 76 valence electrons. The van der Waals surface area contributed by atoms with Crippen LogP contribution in [0.4, 0.5) is 0 Å². The van der Waals surface area contributed by atoms with Gasteiger partial charge in [0.05, 0.1) is 7.11 Å². The predicted octanol–water partition coefficient (Wildman–Crippen LogP) is 0.304. The first-order valence-corrected chi connectivity index (χ1v) is 3.89. The highest BCUT2D eigenvalue weighted by molar-refractivity contribution is 5.74. The Morgan fingerprint density at radius 3 is 2.64 bits per heavy atom. The molecule has 6 nitrogen and oxygen atoms in total. The van der Waals surface area contributed by atoms with Crippen LogP contribution >= 0.6 is 0 Å². The second kappa shape index (κ2) is 7.69. The van der Waals surface area contributed by atoms with Gasteiger partial charge in [0.25, 0.3) is 12.5 Å². The van der Waals surface area contributed by atoms with Crippen molar-refractivity contribution in [2.45, 2.75) is 18.9 Å². The van der Waals surface area contributed by atoms with E-state index < -0.39 is 12.1 Å². The number of methoxy groups -OCH3 is 1. The average Bonchev–Trinajstić information content (AvgIpc) is 2.21. The van der Waals surface area contributed by atoms with Crippen molar-refractivity contribution in [3.05, 3.63) is 0 Å². The molecule has 0 bridgehead atoms. The monoisotopic (exact) mass is 198 g/mol. The fourth-order valence-electron chi connectivity index (χ4n) is 0.806. The van der Waals surface area contributed by atoms with Crippen molar-refractivity contribution in [1.82, 2.24) is 0 Å². The Morgan fingerprint density at radius 1 is 1.43 bits per heavy atom. The van der Waals surface area contributed by atoms with E-state index in [1.807, 2.05) is 0 Å². The van der Waals surface area contributed by atoms with Gasteiger partial charge in [0.15, 0.2) is 0 Å². The van der Waals surface area contributed by atoms with Crippen LogP contribution in [0.15, 0.2) is 0 Å². The predicted molar refractivity (Wildman–Crippen MR) is 43.3 cm³/mol. The van der Waals surface area contributed by atoms with Gasteiger partial charge in [-0.2, -0.15) is 10.5 Å². The third-order valence-corrected chi connectivity index (χ3v) is 1.44. The smallest absolute Gasteiger partial charge is 0.348 e. The van der Waals surface area contributed by atoms with Crippen molar-refractivity contribution in [2.24, 2.45) is 0 Å². The molecule has 1 atom stereocenters. The first-order chi connectivity index (χ1) is 6.76. The van der Waals surface area contributed by atoms with Crippen molar-refractivity contribution < 1.29 is 19.0 Å². The van der Waals surface area contributed by atoms with Gasteiger partial charge in [0.2, 0.25) is 6.10 Å². The summed E-state index contributed by atoms with van der Waals surface area (Å²) in [6.07, 6.45) is 2.72. The largest absolute Gasteiger partial charge is 0.466 e. The van der Waals surface area contributed by atoms with Crippen LogP contribution in [0.3, 0.4) is 0 Å². The molecule has 0 N–H and O–H groups in total. The summed E-state index contributed by atoms with van der Waals surface area (Å²) in [6, 6.07) is 0. The normalized spacial score (nSPS) is 10.5. The standard InChI is InChI=1S/C8H10N2O4/c1-12-8(11)7(14-6-10)3-2-4-13-5-9/h7H,2-4H2,1H3. The van der Waals surface area contributed by atoms with E-state index >= 15 is 0 Å². The molecule has 0 spiro atoms. The Labute approximate surface area is 81.6 Å². The molecule has 0 aliphatic heterocycles. The molecule has 0 amide bonds. The fourth-order valence-corrected chi connectivity index (χ4v) is 0.806. The van der Waals surface area contributed by atoms with E-state index in [9.17, 15) is 4.79 Å². The lowest BCUT2D eigenvalue weighted by Gasteiger charge is -2.10. The molecule has 0 radical (unpaired) electrons. The van der Waals surface area contributed by atoms with Crippen LogP contribution in [0, 0.1) is 23.0 Å². The van der Waals surface area contributed by atoms with Gasteiger partial charge in [-0.05, 0) is 12.8 Å². The number of ether oxygens (including phenoxy) is 3. The van der Waals surface area contributed by atoms with Crippen LogP contribution in [-0.4, -0.2) is 25.8 Å². The van der Waals surface area contributed by atoms with Gasteiger partial charge >= 0.3 is 5.97 Å². The number of carbonyl (C=O) groups excluding carboxylic acids is 1. The van der Waals surface area contributed by atoms with Crippen LogP contribution in [0.5, 0.6) is 0 Å². The molecule has 0 aliphatic rings. The van der Waals surface area contributed by atoms with Crippen LogP contribution in [0.2, 0.25) is 0 Å². The SMILES string of the molecule is COC(=O)C(CCCOC#N)OC#N. The third kappa shape index (κ3) is 4.83. The Balaban J connectivity index is 3.81. The second-order valence-electron chi connectivity index (χ2n) is 2.30. The van der Waals surface area contributed by atoms with Gasteiger partial charge < -0.3 is 14.2 Å². The molecule has 0 aliphatic carbocycles. The fraction of sp³-hybridized carbons (Fsp3) is 0.625. The molecular weight excluding hydrogens is 188 g/mol. The van der Waals surface area contributed by atoms with Crippen LogP contribution in [0.1, 0.15) is 12.8 Å². The van der Waals surface area contributed by atoms with E-state index in [0.29, 0.717) is 6.42 Å². The van der Waals surface area contributed by atoms with Crippen LogP contribution < -0.4 is 0 Å². The highest BCUT2D eigenvalue weighted by Gasteiger charge is 2.20. The second-order valence-corrected chi connectivity index (χ2v) is 2.30. The average molecular weight is 198 g/mol. The molecule has 0 aromatic carbocycles. The lowest BCUT2D eigenvalue weighted by atomic mass is 10.2. The van der Waals surface area contributed by atoms with Crippen molar-refractivity contribution in [2.75, 3.05) is 13.7 Å². The minimum absolute atomic E-state index is 0.193. The summed E-state index contributed by atoms with van der Waals surface area (Å²) in [5, 5.41) is 16.3. The molecule has 6 heteroatoms.